The number of hydrogen-bond acceptors (Lipinski definition) is 2. The predicted molar refractivity (Wildman–Crippen MR) is 84.7 cm³/mol. The molecular formula is C16H12BrFN2O. The third-order valence-electron chi connectivity index (χ3n) is 3.34. The number of nitrogens with zero attached hydrogens (tertiary/aromatic N) is 1. The van der Waals surface area contributed by atoms with E-state index in [4.69, 9.17) is 0 Å². The van der Waals surface area contributed by atoms with Crippen LogP contribution in [0.3, 0.4) is 0 Å². The Labute approximate surface area is 130 Å². The maximum atomic E-state index is 12.9. The van der Waals surface area contributed by atoms with Crippen LogP contribution in [0.15, 0.2) is 45.9 Å². The Bertz CT molecular complexity index is 754. The molecule has 106 valence electrons. The van der Waals surface area contributed by atoms with Crippen molar-refractivity contribution in [3.63, 3.8) is 0 Å². The summed E-state index contributed by atoms with van der Waals surface area (Å²) < 4.78 is 13.8. The van der Waals surface area contributed by atoms with Crippen molar-refractivity contribution in [2.75, 3.05) is 5.32 Å². The van der Waals surface area contributed by atoms with Gasteiger partial charge >= 0.3 is 0 Å². The van der Waals surface area contributed by atoms with Crippen molar-refractivity contribution in [3.05, 3.63) is 57.8 Å². The molecule has 0 unspecified atom stereocenters. The van der Waals surface area contributed by atoms with Crippen molar-refractivity contribution in [1.29, 1.82) is 0 Å². The van der Waals surface area contributed by atoms with Gasteiger partial charge in [-0.3, -0.25) is 4.79 Å². The van der Waals surface area contributed by atoms with Crippen LogP contribution in [-0.4, -0.2) is 11.6 Å². The van der Waals surface area contributed by atoms with Gasteiger partial charge in [0.05, 0.1) is 11.4 Å². The Morgan fingerprint density at radius 1 is 1.24 bits per heavy atom. The molecule has 0 saturated heterocycles. The lowest BCUT2D eigenvalue weighted by atomic mass is 10.0. The zero-order valence-corrected chi connectivity index (χ0v) is 12.9. The Morgan fingerprint density at radius 3 is 2.62 bits per heavy atom. The van der Waals surface area contributed by atoms with Crippen LogP contribution in [0.2, 0.25) is 0 Å². The Balaban J connectivity index is 2.12. The molecule has 0 spiro atoms. The average Bonchev–Trinajstić information content (AvgIpc) is 2.77. The SMILES string of the molecule is CCc1cc(Br)cc2c1NC(=O)C2=Nc1ccc(F)cc1. The Morgan fingerprint density at radius 2 is 1.95 bits per heavy atom. The van der Waals surface area contributed by atoms with E-state index in [2.05, 4.69) is 26.2 Å². The van der Waals surface area contributed by atoms with Crippen LogP contribution in [-0.2, 0) is 11.2 Å². The summed E-state index contributed by atoms with van der Waals surface area (Å²) in [5.74, 6) is -0.562. The zero-order chi connectivity index (χ0) is 15.0. The van der Waals surface area contributed by atoms with Gasteiger partial charge < -0.3 is 5.32 Å². The largest absolute Gasteiger partial charge is 0.320 e. The first kappa shape index (κ1) is 13.9. The molecule has 0 aromatic heterocycles. The summed E-state index contributed by atoms with van der Waals surface area (Å²) in [5.41, 5.74) is 3.54. The number of benzene rings is 2. The highest BCUT2D eigenvalue weighted by Gasteiger charge is 2.28. The van der Waals surface area contributed by atoms with E-state index in [1.807, 2.05) is 19.1 Å². The lowest BCUT2D eigenvalue weighted by Gasteiger charge is -2.06. The molecule has 0 radical (unpaired) electrons. The summed E-state index contributed by atoms with van der Waals surface area (Å²) in [5, 5.41) is 2.86. The highest BCUT2D eigenvalue weighted by Crippen LogP contribution is 2.32. The number of nitrogens with one attached hydrogen (secondary N) is 1. The maximum absolute atomic E-state index is 12.9. The van der Waals surface area contributed by atoms with Gasteiger partial charge in [-0.2, -0.15) is 0 Å². The van der Waals surface area contributed by atoms with E-state index in [9.17, 15) is 9.18 Å². The lowest BCUT2D eigenvalue weighted by Crippen LogP contribution is -2.14. The first-order valence-corrected chi connectivity index (χ1v) is 7.36. The van der Waals surface area contributed by atoms with Gasteiger partial charge in [-0.15, -0.1) is 0 Å². The van der Waals surface area contributed by atoms with Crippen LogP contribution in [0.25, 0.3) is 0 Å². The van der Waals surface area contributed by atoms with Gasteiger partial charge in [-0.1, -0.05) is 22.9 Å². The normalized spacial score (nSPS) is 15.2. The van der Waals surface area contributed by atoms with Crippen LogP contribution in [0, 0.1) is 5.82 Å². The standard InChI is InChI=1S/C16H12BrFN2O/c1-2-9-7-10(17)8-13-14(9)20-16(21)15(13)19-12-5-3-11(18)4-6-12/h3-8H,2H2,1H3,(H,19,20,21). The molecule has 2 aromatic carbocycles. The van der Waals surface area contributed by atoms with Crippen LogP contribution < -0.4 is 5.32 Å². The van der Waals surface area contributed by atoms with Crippen molar-refractivity contribution < 1.29 is 9.18 Å². The smallest absolute Gasteiger partial charge is 0.275 e. The number of fused-ring (bicyclic) bond motifs is 1. The predicted octanol–water partition coefficient (Wildman–Crippen LogP) is 4.22. The number of carbonyl (C=O) groups is 1. The molecule has 21 heavy (non-hydrogen) atoms. The van der Waals surface area contributed by atoms with Gasteiger partial charge in [0.1, 0.15) is 11.5 Å². The van der Waals surface area contributed by atoms with E-state index in [0.717, 1.165) is 27.7 Å². The van der Waals surface area contributed by atoms with Crippen molar-refractivity contribution in [2.24, 2.45) is 4.99 Å². The minimum absolute atomic E-state index is 0.234. The molecule has 1 aliphatic heterocycles. The minimum atomic E-state index is -0.328. The van der Waals surface area contributed by atoms with Gasteiger partial charge in [-0.25, -0.2) is 9.38 Å². The van der Waals surface area contributed by atoms with Gasteiger partial charge in [0.25, 0.3) is 5.91 Å². The number of amides is 1. The van der Waals surface area contributed by atoms with Gasteiger partial charge in [0.15, 0.2) is 0 Å². The summed E-state index contributed by atoms with van der Waals surface area (Å²) in [6.45, 7) is 2.03. The quantitative estimate of drug-likeness (QED) is 0.868. The molecule has 1 aliphatic rings. The monoisotopic (exact) mass is 346 g/mol. The fourth-order valence-corrected chi connectivity index (χ4v) is 2.83. The average molecular weight is 347 g/mol. The summed E-state index contributed by atoms with van der Waals surface area (Å²) >= 11 is 3.46. The summed E-state index contributed by atoms with van der Waals surface area (Å²) in [4.78, 5) is 16.5. The fourth-order valence-electron chi connectivity index (χ4n) is 2.33. The molecule has 0 saturated carbocycles. The topological polar surface area (TPSA) is 41.5 Å². The van der Waals surface area contributed by atoms with E-state index in [-0.39, 0.29) is 11.7 Å². The third-order valence-corrected chi connectivity index (χ3v) is 3.80. The summed E-state index contributed by atoms with van der Waals surface area (Å²) in [7, 11) is 0. The Hall–Kier alpha value is -2.01. The van der Waals surface area contributed by atoms with E-state index in [1.54, 1.807) is 12.1 Å². The minimum Gasteiger partial charge on any atom is -0.320 e. The lowest BCUT2D eigenvalue weighted by molar-refractivity contribution is -0.110. The fraction of sp³-hybridized carbons (Fsp3) is 0.125. The van der Waals surface area contributed by atoms with Crippen LogP contribution in [0.1, 0.15) is 18.1 Å². The van der Waals surface area contributed by atoms with Gasteiger partial charge in [-0.05, 0) is 48.4 Å². The molecule has 1 amide bonds. The number of anilines is 1. The zero-order valence-electron chi connectivity index (χ0n) is 11.3. The second-order valence-electron chi connectivity index (χ2n) is 4.73. The highest BCUT2D eigenvalue weighted by atomic mass is 79.9. The van der Waals surface area contributed by atoms with Crippen molar-refractivity contribution in [2.45, 2.75) is 13.3 Å². The van der Waals surface area contributed by atoms with E-state index in [1.165, 1.54) is 12.1 Å². The molecule has 2 aromatic rings. The molecule has 0 aliphatic carbocycles. The molecule has 3 nitrogen and oxygen atoms in total. The van der Waals surface area contributed by atoms with Crippen LogP contribution in [0.5, 0.6) is 0 Å². The first-order chi connectivity index (χ1) is 10.1. The molecule has 0 bridgehead atoms. The first-order valence-electron chi connectivity index (χ1n) is 6.57. The molecule has 1 N–H and O–H groups in total. The van der Waals surface area contributed by atoms with Crippen molar-refractivity contribution in [3.8, 4) is 0 Å². The number of aliphatic imine (C=N–C) groups is 1. The number of hydrogen-bond donors (Lipinski definition) is 1. The third kappa shape index (κ3) is 2.61. The Kier molecular flexibility index (Phi) is 3.59. The highest BCUT2D eigenvalue weighted by molar-refractivity contribution is 9.10. The number of rotatable bonds is 2. The van der Waals surface area contributed by atoms with Gasteiger partial charge in [0, 0.05) is 10.0 Å². The number of halogens is 2. The van der Waals surface area contributed by atoms with E-state index in [0.29, 0.717) is 11.4 Å². The van der Waals surface area contributed by atoms with Crippen LogP contribution >= 0.6 is 15.9 Å². The van der Waals surface area contributed by atoms with E-state index >= 15 is 0 Å². The molecule has 0 atom stereocenters. The second-order valence-corrected chi connectivity index (χ2v) is 5.65. The number of aryl methyl sites for hydroxylation is 1. The van der Waals surface area contributed by atoms with Crippen molar-refractivity contribution in [1.82, 2.24) is 0 Å². The summed E-state index contributed by atoms with van der Waals surface area (Å²) in [6, 6.07) is 9.60. The maximum Gasteiger partial charge on any atom is 0.275 e. The molecular weight excluding hydrogens is 335 g/mol. The molecule has 1 heterocycles. The van der Waals surface area contributed by atoms with Gasteiger partial charge in [0.2, 0.25) is 0 Å². The van der Waals surface area contributed by atoms with E-state index < -0.39 is 0 Å². The van der Waals surface area contributed by atoms with Crippen LogP contribution in [0.4, 0.5) is 15.8 Å². The second kappa shape index (κ2) is 5.41. The molecule has 5 heteroatoms. The summed E-state index contributed by atoms with van der Waals surface area (Å²) in [6.07, 6.45) is 0.811. The number of carbonyl (C=O) groups excluding carboxylic acids is 1. The molecule has 3 rings (SSSR count). The van der Waals surface area contributed by atoms with Crippen molar-refractivity contribution >= 4 is 38.9 Å². The molecule has 0 fully saturated rings.